The highest BCUT2D eigenvalue weighted by Gasteiger charge is 2.40. The highest BCUT2D eigenvalue weighted by atomic mass is 35.5. The number of fused-ring (bicyclic) bond motifs is 1. The van der Waals surface area contributed by atoms with E-state index in [0.717, 1.165) is 5.56 Å². The number of rotatable bonds is 2. The Morgan fingerprint density at radius 3 is 2.76 bits per heavy atom. The molecule has 3 amide bonds. The van der Waals surface area contributed by atoms with Crippen LogP contribution in [0, 0.1) is 0 Å². The van der Waals surface area contributed by atoms with Crippen LogP contribution in [0.1, 0.15) is 28.8 Å². The van der Waals surface area contributed by atoms with E-state index in [0.29, 0.717) is 22.8 Å². The molecule has 0 spiro atoms. The summed E-state index contributed by atoms with van der Waals surface area (Å²) in [7, 11) is 1.52. The second kappa shape index (κ2) is 5.04. The lowest BCUT2D eigenvalue weighted by Crippen LogP contribution is -2.52. The summed E-state index contributed by atoms with van der Waals surface area (Å²) in [5.41, 5.74) is 1.14. The number of hydrogen-bond acceptors (Lipinski definition) is 4. The number of nitrogens with zero attached hydrogens (tertiary/aromatic N) is 1. The Hall–Kier alpha value is -2.08. The highest BCUT2D eigenvalue weighted by molar-refractivity contribution is 6.34. The van der Waals surface area contributed by atoms with E-state index in [1.807, 2.05) is 0 Å². The summed E-state index contributed by atoms with van der Waals surface area (Å²) in [5.74, 6) is -0.459. The molecular formula is C14H13ClN2O4. The first-order valence-electron chi connectivity index (χ1n) is 6.52. The van der Waals surface area contributed by atoms with Crippen LogP contribution in [-0.2, 0) is 16.1 Å². The standard InChI is InChI=1S/C14H13ClN2O4/c1-21-8-4-7-6-17(14(20)12(7)9(15)5-8)10-2-3-11(18)16-13(10)19/h4-5,10H,2-3,6H2,1H3,(H,16,18,19). The number of hydrogen-bond donors (Lipinski definition) is 1. The van der Waals surface area contributed by atoms with Gasteiger partial charge in [0, 0.05) is 13.0 Å². The van der Waals surface area contributed by atoms with Crippen LogP contribution in [0.2, 0.25) is 5.02 Å². The second-order valence-electron chi connectivity index (χ2n) is 5.04. The molecule has 0 bridgehead atoms. The van der Waals surface area contributed by atoms with Crippen LogP contribution in [0.4, 0.5) is 0 Å². The van der Waals surface area contributed by atoms with E-state index in [1.165, 1.54) is 12.0 Å². The zero-order chi connectivity index (χ0) is 15.1. The van der Waals surface area contributed by atoms with Crippen molar-refractivity contribution < 1.29 is 19.1 Å². The van der Waals surface area contributed by atoms with Gasteiger partial charge in [-0.25, -0.2) is 0 Å². The van der Waals surface area contributed by atoms with Crippen molar-refractivity contribution in [3.63, 3.8) is 0 Å². The number of carbonyl (C=O) groups is 3. The van der Waals surface area contributed by atoms with Crippen LogP contribution in [0.3, 0.4) is 0 Å². The summed E-state index contributed by atoms with van der Waals surface area (Å²) in [5, 5.41) is 2.57. The van der Waals surface area contributed by atoms with Crippen LogP contribution in [0.25, 0.3) is 0 Å². The summed E-state index contributed by atoms with van der Waals surface area (Å²) in [4.78, 5) is 37.0. The zero-order valence-electron chi connectivity index (χ0n) is 11.3. The molecule has 1 saturated heterocycles. The quantitative estimate of drug-likeness (QED) is 0.830. The molecule has 2 aliphatic heterocycles. The van der Waals surface area contributed by atoms with Gasteiger partial charge in [-0.05, 0) is 24.1 Å². The summed E-state index contributed by atoms with van der Waals surface area (Å²) >= 11 is 6.13. The number of imide groups is 1. The van der Waals surface area contributed by atoms with Crippen LogP contribution in [-0.4, -0.2) is 35.8 Å². The Bertz CT molecular complexity index is 659. The van der Waals surface area contributed by atoms with Gasteiger partial charge in [-0.2, -0.15) is 0 Å². The number of ether oxygens (including phenoxy) is 1. The van der Waals surface area contributed by atoms with Gasteiger partial charge in [-0.15, -0.1) is 0 Å². The average molecular weight is 309 g/mol. The van der Waals surface area contributed by atoms with Gasteiger partial charge < -0.3 is 9.64 Å². The lowest BCUT2D eigenvalue weighted by molar-refractivity contribution is -0.136. The van der Waals surface area contributed by atoms with Crippen LogP contribution in [0.15, 0.2) is 12.1 Å². The fourth-order valence-electron chi connectivity index (χ4n) is 2.75. The summed E-state index contributed by atoms with van der Waals surface area (Å²) in [6, 6.07) is 2.68. The average Bonchev–Trinajstić information content (AvgIpc) is 2.76. The molecule has 1 unspecified atom stereocenters. The number of benzene rings is 1. The third kappa shape index (κ3) is 2.25. The molecule has 3 rings (SSSR count). The zero-order valence-corrected chi connectivity index (χ0v) is 12.1. The van der Waals surface area contributed by atoms with Gasteiger partial charge in [0.25, 0.3) is 5.91 Å². The third-order valence-corrected chi connectivity index (χ3v) is 4.08. The van der Waals surface area contributed by atoms with Gasteiger partial charge in [-0.1, -0.05) is 11.6 Å². The Labute approximate surface area is 126 Å². The van der Waals surface area contributed by atoms with Gasteiger partial charge in [0.2, 0.25) is 11.8 Å². The van der Waals surface area contributed by atoms with Gasteiger partial charge in [0.05, 0.1) is 17.7 Å². The minimum absolute atomic E-state index is 0.230. The predicted octanol–water partition coefficient (Wildman–Crippen LogP) is 1.11. The maximum Gasteiger partial charge on any atom is 0.256 e. The minimum atomic E-state index is -0.635. The van der Waals surface area contributed by atoms with Crippen molar-refractivity contribution in [2.45, 2.75) is 25.4 Å². The van der Waals surface area contributed by atoms with Crippen molar-refractivity contribution in [2.75, 3.05) is 7.11 Å². The molecular weight excluding hydrogens is 296 g/mol. The number of methoxy groups -OCH3 is 1. The fourth-order valence-corrected chi connectivity index (χ4v) is 3.06. The number of piperidine rings is 1. The molecule has 0 radical (unpaired) electrons. The first kappa shape index (κ1) is 13.9. The first-order chi connectivity index (χ1) is 10.0. The molecule has 6 nitrogen and oxygen atoms in total. The van der Waals surface area contributed by atoms with Crippen molar-refractivity contribution in [3.05, 3.63) is 28.3 Å². The molecule has 1 atom stereocenters. The summed E-state index contributed by atoms with van der Waals surface area (Å²) < 4.78 is 5.13. The van der Waals surface area contributed by atoms with E-state index in [-0.39, 0.29) is 24.8 Å². The molecule has 1 aromatic carbocycles. The van der Waals surface area contributed by atoms with Crippen LogP contribution >= 0.6 is 11.6 Å². The minimum Gasteiger partial charge on any atom is -0.497 e. The van der Waals surface area contributed by atoms with Crippen LogP contribution < -0.4 is 10.1 Å². The molecule has 1 fully saturated rings. The maximum atomic E-state index is 12.5. The van der Waals surface area contributed by atoms with E-state index in [1.54, 1.807) is 12.1 Å². The van der Waals surface area contributed by atoms with E-state index in [4.69, 9.17) is 16.3 Å². The maximum absolute atomic E-state index is 12.5. The Kier molecular flexibility index (Phi) is 3.33. The molecule has 2 aliphatic rings. The van der Waals surface area contributed by atoms with Crippen molar-refractivity contribution in [3.8, 4) is 5.75 Å². The Morgan fingerprint density at radius 1 is 1.33 bits per heavy atom. The monoisotopic (exact) mass is 308 g/mol. The molecule has 0 saturated carbocycles. The van der Waals surface area contributed by atoms with Gasteiger partial charge in [0.15, 0.2) is 0 Å². The Balaban J connectivity index is 1.92. The summed E-state index contributed by atoms with van der Waals surface area (Å²) in [6.07, 6.45) is 0.562. The molecule has 110 valence electrons. The van der Waals surface area contributed by atoms with Crippen molar-refractivity contribution >= 4 is 29.3 Å². The van der Waals surface area contributed by atoms with E-state index >= 15 is 0 Å². The smallest absolute Gasteiger partial charge is 0.256 e. The van der Waals surface area contributed by atoms with Crippen molar-refractivity contribution in [1.82, 2.24) is 10.2 Å². The molecule has 0 aliphatic carbocycles. The number of nitrogens with one attached hydrogen (secondary N) is 1. The second-order valence-corrected chi connectivity index (χ2v) is 5.45. The molecule has 1 N–H and O–H groups in total. The van der Waals surface area contributed by atoms with E-state index in [9.17, 15) is 14.4 Å². The Morgan fingerprint density at radius 2 is 2.10 bits per heavy atom. The fraction of sp³-hybridized carbons (Fsp3) is 0.357. The number of carbonyl (C=O) groups excluding carboxylic acids is 3. The number of halogens is 1. The third-order valence-electron chi connectivity index (χ3n) is 3.78. The van der Waals surface area contributed by atoms with E-state index < -0.39 is 11.9 Å². The largest absolute Gasteiger partial charge is 0.497 e. The SMILES string of the molecule is COc1cc(Cl)c2c(c1)CN(C1CCC(=O)NC1=O)C2=O. The number of amides is 3. The molecule has 21 heavy (non-hydrogen) atoms. The highest BCUT2D eigenvalue weighted by Crippen LogP contribution is 2.35. The normalized spacial score (nSPS) is 21.3. The molecule has 1 aromatic rings. The topological polar surface area (TPSA) is 75.7 Å². The van der Waals surface area contributed by atoms with Gasteiger partial charge in [-0.3, -0.25) is 19.7 Å². The van der Waals surface area contributed by atoms with Gasteiger partial charge >= 0.3 is 0 Å². The first-order valence-corrected chi connectivity index (χ1v) is 6.90. The lowest BCUT2D eigenvalue weighted by atomic mass is 10.0. The molecule has 7 heteroatoms. The van der Waals surface area contributed by atoms with Crippen molar-refractivity contribution in [2.24, 2.45) is 0 Å². The lowest BCUT2D eigenvalue weighted by Gasteiger charge is -2.29. The molecule has 0 aromatic heterocycles. The van der Waals surface area contributed by atoms with Crippen LogP contribution in [0.5, 0.6) is 5.75 Å². The van der Waals surface area contributed by atoms with Gasteiger partial charge in [0.1, 0.15) is 11.8 Å². The van der Waals surface area contributed by atoms with E-state index in [2.05, 4.69) is 5.32 Å². The predicted molar refractivity (Wildman–Crippen MR) is 74.0 cm³/mol. The molecule has 2 heterocycles. The summed E-state index contributed by atoms with van der Waals surface area (Å²) in [6.45, 7) is 0.289. The van der Waals surface area contributed by atoms with Crippen molar-refractivity contribution in [1.29, 1.82) is 0 Å².